The van der Waals surface area contributed by atoms with Gasteiger partial charge in [-0.3, -0.25) is 14.4 Å². The Labute approximate surface area is 314 Å². The van der Waals surface area contributed by atoms with E-state index in [0.717, 1.165) is 0 Å². The van der Waals surface area contributed by atoms with Crippen LogP contribution in [0.25, 0.3) is 0 Å². The lowest BCUT2D eigenvalue weighted by Gasteiger charge is -2.18. The van der Waals surface area contributed by atoms with Gasteiger partial charge in [0, 0.05) is 46.9 Å². The van der Waals surface area contributed by atoms with Crippen LogP contribution in [0.1, 0.15) is 40.2 Å². The van der Waals surface area contributed by atoms with E-state index >= 15 is 0 Å². The number of Topliss-reactive ketones (excluding diaryl/α,β-unsaturated/α-hetero) is 1. The number of methoxy groups -OCH3 is 2. The maximum atomic E-state index is 13.4. The van der Waals surface area contributed by atoms with Crippen LogP contribution in [-0.2, 0) is 47.5 Å². The molecule has 0 aliphatic carbocycles. The van der Waals surface area contributed by atoms with Gasteiger partial charge in [-0.25, -0.2) is 14.8 Å². The molecule has 0 aliphatic rings. The van der Waals surface area contributed by atoms with Gasteiger partial charge in [0.25, 0.3) is 5.91 Å². The van der Waals surface area contributed by atoms with Gasteiger partial charge in [0.1, 0.15) is 0 Å². The molecule has 21 nitrogen and oxygen atoms in total. The maximum absolute atomic E-state index is 13.4. The molecule has 2 atom stereocenters. The number of carbonyl (C=O) groups excluding carboxylic acids is 2. The average molecular weight is 780 g/mol. The molecule has 0 spiro atoms. The predicted molar refractivity (Wildman–Crippen MR) is 190 cm³/mol. The van der Waals surface area contributed by atoms with Crippen LogP contribution in [0.5, 0.6) is 0 Å². The van der Waals surface area contributed by atoms with Gasteiger partial charge in [-0.2, -0.15) is 0 Å². The Hall–Kier alpha value is -3.64. The van der Waals surface area contributed by atoms with E-state index in [4.69, 9.17) is 37.9 Å². The first-order valence-electron chi connectivity index (χ1n) is 17.5. The van der Waals surface area contributed by atoms with Crippen molar-refractivity contribution in [2.24, 2.45) is 5.92 Å². The zero-order valence-corrected chi connectivity index (χ0v) is 31.1. The topological polar surface area (TPSA) is 285 Å². The molecule has 0 fully saturated rings. The summed E-state index contributed by atoms with van der Waals surface area (Å²) in [5, 5.41) is 45.8. The van der Waals surface area contributed by atoms with Crippen LogP contribution in [0.2, 0.25) is 0 Å². The van der Waals surface area contributed by atoms with E-state index in [1.54, 1.807) is 14.2 Å². The molecule has 0 saturated heterocycles. The van der Waals surface area contributed by atoms with E-state index in [2.05, 4.69) is 25.9 Å². The lowest BCUT2D eigenvalue weighted by molar-refractivity contribution is -0.143. The standard InChI is InChI=1S/C33H57N5O16/c1-47-9-11-51-17-19-53-15-13-49-7-3-5-34-29-27(26(41)21-24(22-39)32(43)44)37-30(28(38-29)31(42)36-25(23-40)33(45)46)35-6-4-8-50-14-16-54-20-18-52-12-10-48-2/h24-25,39-40H,3-23H2,1-2H3,(H,34,38)(H,35,37)(H,36,42)(H,43,44)(H,45,46). The lowest BCUT2D eigenvalue weighted by Crippen LogP contribution is -2.44. The van der Waals surface area contributed by atoms with Crippen molar-refractivity contribution in [3.63, 3.8) is 0 Å². The number of carboxylic acid groups (broad SMARTS) is 2. The van der Waals surface area contributed by atoms with Crippen molar-refractivity contribution in [3.05, 3.63) is 11.4 Å². The third-order valence-electron chi connectivity index (χ3n) is 7.03. The van der Waals surface area contributed by atoms with E-state index in [9.17, 15) is 39.6 Å². The molecule has 21 heteroatoms. The Morgan fingerprint density at radius 3 is 1.37 bits per heavy atom. The Balaban J connectivity index is 2.96. The fourth-order valence-corrected chi connectivity index (χ4v) is 4.13. The first kappa shape index (κ1) is 48.4. The van der Waals surface area contributed by atoms with Gasteiger partial charge in [0.05, 0.1) is 98.4 Å². The van der Waals surface area contributed by atoms with Gasteiger partial charge in [-0.1, -0.05) is 0 Å². The Bertz CT molecular complexity index is 1110. The molecule has 0 radical (unpaired) electrons. The maximum Gasteiger partial charge on any atom is 0.328 e. The number of aromatic nitrogens is 2. The molecule has 1 aromatic heterocycles. The number of aliphatic carboxylic acids is 2. The summed E-state index contributed by atoms with van der Waals surface area (Å²) in [6.45, 7) is 4.04. The number of nitrogens with one attached hydrogen (secondary N) is 3. The minimum atomic E-state index is -1.66. The second kappa shape index (κ2) is 31.7. The molecule has 0 bridgehead atoms. The molecule has 1 heterocycles. The molecule has 7 N–H and O–H groups in total. The number of hydrogen-bond donors (Lipinski definition) is 7. The number of hydrogen-bond acceptors (Lipinski definition) is 18. The number of carbonyl (C=O) groups is 4. The van der Waals surface area contributed by atoms with E-state index < -0.39 is 60.9 Å². The fraction of sp³-hybridized carbons (Fsp3) is 0.758. The van der Waals surface area contributed by atoms with Gasteiger partial charge in [-0.15, -0.1) is 0 Å². The van der Waals surface area contributed by atoms with Crippen LogP contribution in [0.3, 0.4) is 0 Å². The zero-order valence-electron chi connectivity index (χ0n) is 31.1. The van der Waals surface area contributed by atoms with Crippen molar-refractivity contribution in [3.8, 4) is 0 Å². The summed E-state index contributed by atoms with van der Waals surface area (Å²) in [6, 6.07) is -1.66. The fourth-order valence-electron chi connectivity index (χ4n) is 4.13. The Kier molecular flexibility index (Phi) is 28.4. The molecular weight excluding hydrogens is 722 g/mol. The van der Waals surface area contributed by atoms with Gasteiger partial charge in [0.2, 0.25) is 0 Å². The van der Waals surface area contributed by atoms with Crippen LogP contribution in [0.4, 0.5) is 11.6 Å². The molecule has 1 aromatic rings. The molecule has 54 heavy (non-hydrogen) atoms. The van der Waals surface area contributed by atoms with E-state index in [-0.39, 0.29) is 43.6 Å². The number of nitrogens with zero attached hydrogens (tertiary/aromatic N) is 2. The highest BCUT2D eigenvalue weighted by Gasteiger charge is 2.29. The first-order chi connectivity index (χ1) is 26.2. The summed E-state index contributed by atoms with van der Waals surface area (Å²) < 4.78 is 42.4. The van der Waals surface area contributed by atoms with Crippen molar-refractivity contribution >= 4 is 35.3 Å². The van der Waals surface area contributed by atoms with E-state index in [1.165, 1.54) is 0 Å². The van der Waals surface area contributed by atoms with E-state index in [0.29, 0.717) is 92.1 Å². The number of aliphatic hydroxyl groups is 2. The number of amides is 1. The van der Waals surface area contributed by atoms with Gasteiger partial charge >= 0.3 is 11.9 Å². The zero-order chi connectivity index (χ0) is 39.8. The molecular formula is C33H57N5O16. The summed E-state index contributed by atoms with van der Waals surface area (Å²) in [5.41, 5.74) is -0.709. The SMILES string of the molecule is COCCOCCOCCOCCCNc1nc(C(=O)NC(CO)C(=O)O)c(NCCCOCCOCCOCCOC)nc1C(=O)CC(CO)C(=O)O. The third-order valence-corrected chi connectivity index (χ3v) is 7.03. The molecule has 1 amide bonds. The number of anilines is 2. The second-order valence-corrected chi connectivity index (χ2v) is 11.2. The summed E-state index contributed by atoms with van der Waals surface area (Å²) in [5.74, 6) is -6.51. The monoisotopic (exact) mass is 779 g/mol. The van der Waals surface area contributed by atoms with Gasteiger partial charge < -0.3 is 74.3 Å². The molecule has 310 valence electrons. The number of carboxylic acids is 2. The Morgan fingerprint density at radius 1 is 0.574 bits per heavy atom. The molecule has 0 saturated carbocycles. The third kappa shape index (κ3) is 21.9. The number of rotatable bonds is 37. The number of ether oxygens (including phenoxy) is 8. The quantitative estimate of drug-likeness (QED) is 0.0312. The molecule has 1 rings (SSSR count). The van der Waals surface area contributed by atoms with Gasteiger partial charge in [0.15, 0.2) is 34.8 Å². The second-order valence-electron chi connectivity index (χ2n) is 11.2. The van der Waals surface area contributed by atoms with Crippen molar-refractivity contribution in [2.75, 3.05) is 144 Å². The lowest BCUT2D eigenvalue weighted by atomic mass is 10.0. The van der Waals surface area contributed by atoms with Crippen LogP contribution in [-0.4, -0.2) is 193 Å². The highest BCUT2D eigenvalue weighted by atomic mass is 16.6. The normalized spacial score (nSPS) is 12.3. The van der Waals surface area contributed by atoms with Crippen molar-refractivity contribution in [2.45, 2.75) is 25.3 Å². The minimum Gasteiger partial charge on any atom is -0.481 e. The molecule has 0 aromatic carbocycles. The van der Waals surface area contributed by atoms with Crippen molar-refractivity contribution in [1.29, 1.82) is 0 Å². The summed E-state index contributed by atoms with van der Waals surface area (Å²) >= 11 is 0. The highest BCUT2D eigenvalue weighted by Crippen LogP contribution is 2.22. The largest absolute Gasteiger partial charge is 0.481 e. The predicted octanol–water partition coefficient (Wildman–Crippen LogP) is -1.09. The summed E-state index contributed by atoms with van der Waals surface area (Å²) in [7, 11) is 3.17. The van der Waals surface area contributed by atoms with Crippen molar-refractivity contribution in [1.82, 2.24) is 15.3 Å². The van der Waals surface area contributed by atoms with Crippen LogP contribution < -0.4 is 16.0 Å². The molecule has 2 unspecified atom stereocenters. The number of aliphatic hydroxyl groups excluding tert-OH is 2. The Morgan fingerprint density at radius 2 is 0.981 bits per heavy atom. The van der Waals surface area contributed by atoms with E-state index in [1.807, 2.05) is 0 Å². The average Bonchev–Trinajstić information content (AvgIpc) is 3.16. The van der Waals surface area contributed by atoms with Crippen LogP contribution in [0.15, 0.2) is 0 Å². The number of ketones is 1. The summed E-state index contributed by atoms with van der Waals surface area (Å²) in [4.78, 5) is 58.3. The highest BCUT2D eigenvalue weighted by molar-refractivity contribution is 6.03. The van der Waals surface area contributed by atoms with Crippen molar-refractivity contribution < 1.29 is 77.5 Å². The smallest absolute Gasteiger partial charge is 0.328 e. The first-order valence-corrected chi connectivity index (χ1v) is 17.5. The minimum absolute atomic E-state index is 0.169. The van der Waals surface area contributed by atoms with Crippen LogP contribution >= 0.6 is 0 Å². The molecule has 0 aliphatic heterocycles. The van der Waals surface area contributed by atoms with Gasteiger partial charge in [-0.05, 0) is 12.8 Å². The summed E-state index contributed by atoms with van der Waals surface area (Å²) in [6.07, 6.45) is 0.186. The van der Waals surface area contributed by atoms with Crippen LogP contribution in [0, 0.1) is 5.92 Å².